The summed E-state index contributed by atoms with van der Waals surface area (Å²) in [5.74, 6) is 0.524. The summed E-state index contributed by atoms with van der Waals surface area (Å²) in [6.45, 7) is 7.35. The molecular weight excluding hydrogens is 282 g/mol. The van der Waals surface area contributed by atoms with Crippen molar-refractivity contribution < 1.29 is 4.42 Å². The second-order valence-electron chi connectivity index (χ2n) is 4.47. The maximum absolute atomic E-state index is 11.1. The zero-order valence-electron chi connectivity index (χ0n) is 11.6. The van der Waals surface area contributed by atoms with Crippen LogP contribution in [0.15, 0.2) is 64.6 Å². The molecule has 3 N–H and O–H groups in total. The van der Waals surface area contributed by atoms with Gasteiger partial charge in [-0.2, -0.15) is 4.98 Å². The summed E-state index contributed by atoms with van der Waals surface area (Å²) in [6.07, 6.45) is 3.19. The molecule has 1 aromatic carbocycles. The van der Waals surface area contributed by atoms with Crippen molar-refractivity contribution in [3.05, 3.63) is 65.9 Å². The number of hydrogen-bond donors (Lipinski definition) is 3. The van der Waals surface area contributed by atoms with Crippen molar-refractivity contribution in [2.75, 3.05) is 10.6 Å². The van der Waals surface area contributed by atoms with Gasteiger partial charge < -0.3 is 15.1 Å². The molecule has 0 saturated carbocycles. The summed E-state index contributed by atoms with van der Waals surface area (Å²) in [5, 5.41) is 6.04. The van der Waals surface area contributed by atoms with Gasteiger partial charge in [0.2, 0.25) is 5.95 Å². The van der Waals surface area contributed by atoms with Crippen LogP contribution in [-0.2, 0) is 0 Å². The molecule has 0 spiro atoms. The highest BCUT2D eigenvalue weighted by atomic mass is 16.4. The highest BCUT2D eigenvalue weighted by Gasteiger charge is 2.04. The summed E-state index contributed by atoms with van der Waals surface area (Å²) in [5.41, 5.74) is 2.48. The van der Waals surface area contributed by atoms with Crippen molar-refractivity contribution >= 4 is 28.6 Å². The molecule has 3 rings (SSSR count). The molecule has 2 aromatic heterocycles. The zero-order chi connectivity index (χ0) is 15.5. The molecule has 110 valence electrons. The van der Waals surface area contributed by atoms with E-state index in [1.165, 1.54) is 0 Å². The van der Waals surface area contributed by atoms with E-state index >= 15 is 0 Å². The van der Waals surface area contributed by atoms with Crippen LogP contribution in [-0.4, -0.2) is 15.0 Å². The van der Waals surface area contributed by atoms with Crippen LogP contribution in [0.5, 0.6) is 0 Å². The van der Waals surface area contributed by atoms with Gasteiger partial charge in [-0.3, -0.25) is 4.98 Å². The van der Waals surface area contributed by atoms with Gasteiger partial charge in [-0.1, -0.05) is 13.2 Å². The molecule has 0 fully saturated rings. The van der Waals surface area contributed by atoms with E-state index in [0.717, 1.165) is 5.69 Å². The maximum atomic E-state index is 11.1. The van der Waals surface area contributed by atoms with Crippen molar-refractivity contribution in [3.63, 3.8) is 0 Å². The van der Waals surface area contributed by atoms with Crippen LogP contribution in [0, 0.1) is 0 Å². The highest BCUT2D eigenvalue weighted by molar-refractivity contribution is 5.78. The Hall–Kier alpha value is -3.35. The van der Waals surface area contributed by atoms with E-state index < -0.39 is 5.76 Å². The summed E-state index contributed by atoms with van der Waals surface area (Å²) in [7, 11) is 0. The average molecular weight is 295 g/mol. The molecule has 0 aliphatic carbocycles. The van der Waals surface area contributed by atoms with Gasteiger partial charge in [0.15, 0.2) is 5.58 Å². The number of anilines is 3. The Bertz CT molecular complexity index is 909. The first kappa shape index (κ1) is 13.6. The molecular formula is C15H13N5O2. The lowest BCUT2D eigenvalue weighted by Crippen LogP contribution is -2.02. The number of aromatic nitrogens is 3. The van der Waals surface area contributed by atoms with Crippen LogP contribution < -0.4 is 16.4 Å². The fourth-order valence-corrected chi connectivity index (χ4v) is 1.86. The number of rotatable bonds is 5. The van der Waals surface area contributed by atoms with Crippen molar-refractivity contribution in [2.45, 2.75) is 0 Å². The van der Waals surface area contributed by atoms with Gasteiger partial charge in [-0.25, -0.2) is 9.78 Å². The Morgan fingerprint density at radius 3 is 3.05 bits per heavy atom. The van der Waals surface area contributed by atoms with Gasteiger partial charge in [-0.05, 0) is 30.3 Å². The number of hydrogen-bond acceptors (Lipinski definition) is 6. The molecule has 0 aliphatic rings. The number of aromatic amines is 1. The van der Waals surface area contributed by atoms with Crippen LogP contribution in [0.2, 0.25) is 0 Å². The maximum Gasteiger partial charge on any atom is 0.417 e. The van der Waals surface area contributed by atoms with Gasteiger partial charge in [0.05, 0.1) is 5.52 Å². The zero-order valence-corrected chi connectivity index (χ0v) is 11.6. The van der Waals surface area contributed by atoms with E-state index in [1.54, 1.807) is 36.5 Å². The Kier molecular flexibility index (Phi) is 3.45. The molecule has 0 atom stereocenters. The minimum atomic E-state index is -0.483. The van der Waals surface area contributed by atoms with E-state index in [2.05, 4.69) is 38.7 Å². The minimum Gasteiger partial charge on any atom is -0.408 e. The van der Waals surface area contributed by atoms with Crippen molar-refractivity contribution in [3.8, 4) is 0 Å². The van der Waals surface area contributed by atoms with Crippen molar-refractivity contribution in [1.82, 2.24) is 15.0 Å². The van der Waals surface area contributed by atoms with Crippen LogP contribution in [0.25, 0.3) is 11.1 Å². The third kappa shape index (κ3) is 2.88. The van der Waals surface area contributed by atoms with Crippen molar-refractivity contribution in [1.29, 1.82) is 0 Å². The Morgan fingerprint density at radius 2 is 2.23 bits per heavy atom. The number of oxazole rings is 1. The third-order valence-corrected chi connectivity index (χ3v) is 2.87. The SMILES string of the molecule is C=CC(=C)Nc1nccc(Nc2ccc3oc(=O)[nH]c3c2)n1. The highest BCUT2D eigenvalue weighted by Crippen LogP contribution is 2.20. The predicted octanol–water partition coefficient (Wildman–Crippen LogP) is 2.77. The molecule has 3 aromatic rings. The molecule has 0 aliphatic heterocycles. The topological polar surface area (TPSA) is 95.8 Å². The standard InChI is InChI=1S/C15H13N5O2/c1-3-9(2)17-14-16-7-6-13(20-14)18-10-4-5-12-11(8-10)19-15(21)22-12/h3-8H,1-2H2,(H,19,21)(H2,16,17,18,20). The molecule has 0 amide bonds. The molecule has 2 heterocycles. The molecule has 0 unspecified atom stereocenters. The Morgan fingerprint density at radius 1 is 1.36 bits per heavy atom. The fraction of sp³-hybridized carbons (Fsp3) is 0. The average Bonchev–Trinajstić information content (AvgIpc) is 2.87. The number of fused-ring (bicyclic) bond motifs is 1. The quantitative estimate of drug-likeness (QED) is 0.626. The molecule has 7 nitrogen and oxygen atoms in total. The van der Waals surface area contributed by atoms with E-state index in [9.17, 15) is 4.79 Å². The lowest BCUT2D eigenvalue weighted by Gasteiger charge is -2.08. The van der Waals surface area contributed by atoms with Gasteiger partial charge in [0, 0.05) is 17.6 Å². The normalized spacial score (nSPS) is 10.4. The Labute approximate surface area is 125 Å². The van der Waals surface area contributed by atoms with Gasteiger partial charge in [0.25, 0.3) is 0 Å². The van der Waals surface area contributed by atoms with Gasteiger partial charge in [-0.15, -0.1) is 0 Å². The summed E-state index contributed by atoms with van der Waals surface area (Å²) in [6, 6.07) is 6.98. The van der Waals surface area contributed by atoms with Crippen LogP contribution in [0.1, 0.15) is 0 Å². The first-order valence-corrected chi connectivity index (χ1v) is 6.45. The lowest BCUT2D eigenvalue weighted by molar-refractivity contribution is 0.555. The Balaban J connectivity index is 1.84. The predicted molar refractivity (Wildman–Crippen MR) is 85.1 cm³/mol. The van der Waals surface area contributed by atoms with E-state index in [0.29, 0.717) is 28.6 Å². The van der Waals surface area contributed by atoms with Gasteiger partial charge >= 0.3 is 5.76 Å². The second-order valence-corrected chi connectivity index (χ2v) is 4.47. The number of H-pyrrole nitrogens is 1. The molecule has 22 heavy (non-hydrogen) atoms. The summed E-state index contributed by atoms with van der Waals surface area (Å²) < 4.78 is 4.95. The largest absolute Gasteiger partial charge is 0.417 e. The van der Waals surface area contributed by atoms with Gasteiger partial charge in [0.1, 0.15) is 5.82 Å². The molecule has 7 heteroatoms. The lowest BCUT2D eigenvalue weighted by atomic mass is 10.3. The molecule has 0 radical (unpaired) electrons. The van der Waals surface area contributed by atoms with Crippen molar-refractivity contribution in [2.24, 2.45) is 0 Å². The van der Waals surface area contributed by atoms with E-state index in [1.807, 2.05) is 0 Å². The van der Waals surface area contributed by atoms with Crippen LogP contribution >= 0.6 is 0 Å². The number of nitrogens with zero attached hydrogens (tertiary/aromatic N) is 2. The molecule has 0 bridgehead atoms. The fourth-order valence-electron chi connectivity index (χ4n) is 1.86. The third-order valence-electron chi connectivity index (χ3n) is 2.87. The number of nitrogens with one attached hydrogen (secondary N) is 3. The monoisotopic (exact) mass is 295 g/mol. The van der Waals surface area contributed by atoms with Crippen LogP contribution in [0.3, 0.4) is 0 Å². The summed E-state index contributed by atoms with van der Waals surface area (Å²) >= 11 is 0. The van der Waals surface area contributed by atoms with E-state index in [-0.39, 0.29) is 0 Å². The second kappa shape index (κ2) is 5.57. The first-order chi connectivity index (χ1) is 10.6. The first-order valence-electron chi connectivity index (χ1n) is 6.45. The number of benzene rings is 1. The molecule has 0 saturated heterocycles. The van der Waals surface area contributed by atoms with E-state index in [4.69, 9.17) is 4.42 Å². The number of allylic oxidation sites excluding steroid dienone is 1. The minimum absolute atomic E-state index is 0.410. The summed E-state index contributed by atoms with van der Waals surface area (Å²) in [4.78, 5) is 22.1. The van der Waals surface area contributed by atoms with Crippen LogP contribution in [0.4, 0.5) is 17.5 Å². The smallest absolute Gasteiger partial charge is 0.408 e.